The van der Waals surface area contributed by atoms with Crippen LogP contribution in [0.4, 0.5) is 0 Å². The first kappa shape index (κ1) is 10.5. The quantitative estimate of drug-likeness (QED) is 0.677. The number of rotatable bonds is 2. The first-order valence-corrected chi connectivity index (χ1v) is 5.81. The van der Waals surface area contributed by atoms with Crippen LogP contribution in [0.25, 0.3) is 0 Å². The van der Waals surface area contributed by atoms with Crippen molar-refractivity contribution in [2.45, 2.75) is 44.6 Å². The average molecular weight is 210 g/mol. The molecule has 0 amide bonds. The Morgan fingerprint density at radius 2 is 1.93 bits per heavy atom. The number of aliphatic imine (C=N–C) groups is 1. The number of hydrogen-bond acceptors (Lipinski definition) is 3. The number of nitrogens with one attached hydrogen (secondary N) is 1. The largest absolute Gasteiger partial charge is 0.480 e. The van der Waals surface area contributed by atoms with Gasteiger partial charge in [0.05, 0.1) is 6.54 Å². The summed E-state index contributed by atoms with van der Waals surface area (Å²) < 4.78 is 0. The molecule has 0 bridgehead atoms. The van der Waals surface area contributed by atoms with Gasteiger partial charge in [0.1, 0.15) is 11.9 Å². The smallest absolute Gasteiger partial charge is 0.328 e. The van der Waals surface area contributed by atoms with Gasteiger partial charge in [-0.15, -0.1) is 0 Å². The minimum atomic E-state index is -0.789. The molecular weight excluding hydrogens is 192 g/mol. The molecule has 0 aromatic heterocycles. The van der Waals surface area contributed by atoms with Crippen molar-refractivity contribution in [2.75, 3.05) is 6.54 Å². The molecular formula is C11H18N2O2. The van der Waals surface area contributed by atoms with Crippen molar-refractivity contribution in [1.82, 2.24) is 5.32 Å². The molecule has 1 unspecified atom stereocenters. The molecule has 2 aliphatic rings. The van der Waals surface area contributed by atoms with E-state index in [0.29, 0.717) is 12.5 Å². The van der Waals surface area contributed by atoms with Crippen molar-refractivity contribution in [3.63, 3.8) is 0 Å². The Morgan fingerprint density at radius 1 is 1.27 bits per heavy atom. The lowest BCUT2D eigenvalue weighted by molar-refractivity contribution is -0.138. The van der Waals surface area contributed by atoms with Crippen LogP contribution in [0.3, 0.4) is 0 Å². The van der Waals surface area contributed by atoms with Gasteiger partial charge in [-0.25, -0.2) is 4.79 Å². The van der Waals surface area contributed by atoms with Gasteiger partial charge in [-0.3, -0.25) is 4.99 Å². The van der Waals surface area contributed by atoms with Crippen LogP contribution in [0.15, 0.2) is 4.99 Å². The van der Waals surface area contributed by atoms with Gasteiger partial charge in [-0.05, 0) is 12.8 Å². The van der Waals surface area contributed by atoms with Crippen LogP contribution < -0.4 is 5.32 Å². The van der Waals surface area contributed by atoms with Gasteiger partial charge in [-0.1, -0.05) is 25.7 Å². The zero-order valence-corrected chi connectivity index (χ0v) is 8.91. The zero-order chi connectivity index (χ0) is 10.7. The maximum absolute atomic E-state index is 10.8. The zero-order valence-electron chi connectivity index (χ0n) is 8.91. The standard InChI is InChI=1S/C11H18N2O2/c14-11(15)9-7-12-10(13-9)8-5-3-1-2-4-6-8/h8-9H,1-7H2,(H,12,13)(H,14,15). The summed E-state index contributed by atoms with van der Waals surface area (Å²) in [6, 6.07) is -0.483. The molecule has 15 heavy (non-hydrogen) atoms. The second kappa shape index (κ2) is 4.64. The van der Waals surface area contributed by atoms with E-state index in [1.807, 2.05) is 0 Å². The Labute approximate surface area is 89.8 Å². The van der Waals surface area contributed by atoms with Gasteiger partial charge in [0.15, 0.2) is 0 Å². The Morgan fingerprint density at radius 3 is 2.47 bits per heavy atom. The maximum atomic E-state index is 10.8. The lowest BCUT2D eigenvalue weighted by Gasteiger charge is -2.15. The van der Waals surface area contributed by atoms with Crippen molar-refractivity contribution in [3.8, 4) is 0 Å². The molecule has 1 heterocycles. The van der Waals surface area contributed by atoms with E-state index >= 15 is 0 Å². The average Bonchev–Trinajstić information content (AvgIpc) is 2.55. The third kappa shape index (κ3) is 2.49. The Hall–Kier alpha value is -1.06. The van der Waals surface area contributed by atoms with E-state index in [9.17, 15) is 4.79 Å². The maximum Gasteiger partial charge on any atom is 0.328 e. The summed E-state index contributed by atoms with van der Waals surface area (Å²) in [7, 11) is 0. The summed E-state index contributed by atoms with van der Waals surface area (Å²) >= 11 is 0. The van der Waals surface area contributed by atoms with E-state index in [1.54, 1.807) is 0 Å². The van der Waals surface area contributed by atoms with Crippen LogP contribution in [-0.4, -0.2) is 29.5 Å². The Kier molecular flexibility index (Phi) is 3.23. The molecule has 4 heteroatoms. The third-order valence-corrected chi connectivity index (χ3v) is 3.31. The van der Waals surface area contributed by atoms with Gasteiger partial charge >= 0.3 is 5.97 Å². The molecule has 2 N–H and O–H groups in total. The molecule has 4 nitrogen and oxygen atoms in total. The summed E-state index contributed by atoms with van der Waals surface area (Å²) in [5.41, 5.74) is 0. The van der Waals surface area contributed by atoms with Crippen LogP contribution in [-0.2, 0) is 4.79 Å². The predicted octanol–water partition coefficient (Wildman–Crippen LogP) is 1.41. The van der Waals surface area contributed by atoms with Crippen LogP contribution in [0, 0.1) is 5.92 Å². The van der Waals surface area contributed by atoms with Crippen LogP contribution in [0.5, 0.6) is 0 Å². The Bertz CT molecular complexity index is 268. The summed E-state index contributed by atoms with van der Waals surface area (Å²) in [6.07, 6.45) is 7.46. The summed E-state index contributed by atoms with van der Waals surface area (Å²) in [6.45, 7) is 0.404. The highest BCUT2D eigenvalue weighted by Gasteiger charge is 2.28. The van der Waals surface area contributed by atoms with E-state index in [2.05, 4.69) is 10.3 Å². The molecule has 1 atom stereocenters. The number of hydrogen-bond donors (Lipinski definition) is 2. The highest BCUT2D eigenvalue weighted by Crippen LogP contribution is 2.24. The number of carbonyl (C=O) groups is 1. The van der Waals surface area contributed by atoms with E-state index < -0.39 is 12.0 Å². The summed E-state index contributed by atoms with van der Waals surface area (Å²) in [4.78, 5) is 15.1. The second-order valence-corrected chi connectivity index (χ2v) is 4.45. The van der Waals surface area contributed by atoms with Crippen molar-refractivity contribution >= 4 is 11.8 Å². The van der Waals surface area contributed by atoms with Crippen LogP contribution in [0.1, 0.15) is 38.5 Å². The summed E-state index contributed by atoms with van der Waals surface area (Å²) in [5.74, 6) is 0.642. The predicted molar refractivity (Wildman–Crippen MR) is 58.1 cm³/mol. The van der Waals surface area contributed by atoms with E-state index in [-0.39, 0.29) is 0 Å². The number of carboxylic acid groups (broad SMARTS) is 1. The lowest BCUT2D eigenvalue weighted by atomic mass is 9.99. The SMILES string of the molecule is O=C(O)C1CN=C(C2CCCCCC2)N1. The van der Waals surface area contributed by atoms with Gasteiger partial charge in [-0.2, -0.15) is 0 Å². The third-order valence-electron chi connectivity index (χ3n) is 3.31. The van der Waals surface area contributed by atoms with E-state index in [0.717, 1.165) is 18.7 Å². The summed E-state index contributed by atoms with van der Waals surface area (Å²) in [5, 5.41) is 11.9. The van der Waals surface area contributed by atoms with Crippen LogP contribution in [0.2, 0.25) is 0 Å². The van der Waals surface area contributed by atoms with Gasteiger partial charge < -0.3 is 10.4 Å². The number of aliphatic carboxylic acids is 1. The molecule has 0 aromatic carbocycles. The van der Waals surface area contributed by atoms with Gasteiger partial charge in [0.2, 0.25) is 0 Å². The second-order valence-electron chi connectivity index (χ2n) is 4.45. The molecule has 0 radical (unpaired) electrons. The molecule has 1 fully saturated rings. The lowest BCUT2D eigenvalue weighted by Crippen LogP contribution is -2.39. The number of carboxylic acids is 1. The van der Waals surface area contributed by atoms with Crippen molar-refractivity contribution in [1.29, 1.82) is 0 Å². The van der Waals surface area contributed by atoms with Crippen molar-refractivity contribution < 1.29 is 9.90 Å². The normalized spacial score (nSPS) is 28.0. The molecule has 0 aromatic rings. The monoisotopic (exact) mass is 210 g/mol. The van der Waals surface area contributed by atoms with E-state index in [1.165, 1.54) is 25.7 Å². The Balaban J connectivity index is 1.91. The molecule has 1 aliphatic carbocycles. The molecule has 2 rings (SSSR count). The molecule has 1 saturated carbocycles. The van der Waals surface area contributed by atoms with Gasteiger partial charge in [0.25, 0.3) is 0 Å². The first-order valence-electron chi connectivity index (χ1n) is 5.81. The molecule has 1 aliphatic heterocycles. The van der Waals surface area contributed by atoms with Crippen molar-refractivity contribution in [2.24, 2.45) is 10.9 Å². The van der Waals surface area contributed by atoms with Crippen molar-refractivity contribution in [3.05, 3.63) is 0 Å². The van der Waals surface area contributed by atoms with E-state index in [4.69, 9.17) is 5.11 Å². The molecule has 0 spiro atoms. The highest BCUT2D eigenvalue weighted by atomic mass is 16.4. The molecule has 0 saturated heterocycles. The fraction of sp³-hybridized carbons (Fsp3) is 0.818. The minimum absolute atomic E-state index is 0.404. The van der Waals surface area contributed by atoms with Crippen LogP contribution >= 0.6 is 0 Å². The fourth-order valence-electron chi connectivity index (χ4n) is 2.40. The topological polar surface area (TPSA) is 61.7 Å². The number of nitrogens with zero attached hydrogens (tertiary/aromatic N) is 1. The fourth-order valence-corrected chi connectivity index (χ4v) is 2.40. The highest BCUT2D eigenvalue weighted by molar-refractivity contribution is 5.91. The first-order chi connectivity index (χ1) is 7.27. The minimum Gasteiger partial charge on any atom is -0.480 e. The molecule has 84 valence electrons. The van der Waals surface area contributed by atoms with Gasteiger partial charge in [0, 0.05) is 5.92 Å². The number of amidine groups is 1.